The number of halogens is 1. The SMILES string of the molecule is CN=C(NCc1ccc(CN(C)C)cc1)NCc1ccccn1.I. The fourth-order valence-corrected chi connectivity index (χ4v) is 2.21. The van der Waals surface area contributed by atoms with Crippen LogP contribution < -0.4 is 10.6 Å². The Morgan fingerprint density at radius 2 is 1.67 bits per heavy atom. The zero-order valence-corrected chi connectivity index (χ0v) is 16.8. The molecule has 2 aromatic rings. The molecule has 0 saturated carbocycles. The van der Waals surface area contributed by atoms with E-state index in [1.807, 2.05) is 18.2 Å². The number of guanidine groups is 1. The van der Waals surface area contributed by atoms with Crippen molar-refractivity contribution in [3.8, 4) is 0 Å². The number of aromatic nitrogens is 1. The standard InChI is InChI=1S/C18H25N5.HI/c1-19-18(22-13-17-6-4-5-11-20-17)21-12-15-7-9-16(10-8-15)14-23(2)3;/h4-11H,12-14H2,1-3H3,(H2,19,21,22);1H. The molecule has 130 valence electrons. The van der Waals surface area contributed by atoms with Gasteiger partial charge in [0.25, 0.3) is 0 Å². The Balaban J connectivity index is 0.00000288. The summed E-state index contributed by atoms with van der Waals surface area (Å²) < 4.78 is 0. The maximum Gasteiger partial charge on any atom is 0.191 e. The van der Waals surface area contributed by atoms with Crippen LogP contribution in [-0.2, 0) is 19.6 Å². The van der Waals surface area contributed by atoms with Crippen molar-refractivity contribution in [1.29, 1.82) is 0 Å². The van der Waals surface area contributed by atoms with E-state index in [-0.39, 0.29) is 24.0 Å². The van der Waals surface area contributed by atoms with Crippen LogP contribution in [-0.4, -0.2) is 37.0 Å². The average Bonchev–Trinajstić information content (AvgIpc) is 2.57. The van der Waals surface area contributed by atoms with E-state index in [0.717, 1.165) is 24.7 Å². The molecule has 1 aromatic carbocycles. The number of nitrogens with zero attached hydrogens (tertiary/aromatic N) is 3. The molecule has 1 aromatic heterocycles. The Kier molecular flexibility index (Phi) is 9.33. The third-order valence-electron chi connectivity index (χ3n) is 3.37. The molecule has 5 nitrogen and oxygen atoms in total. The van der Waals surface area contributed by atoms with E-state index in [4.69, 9.17) is 0 Å². The summed E-state index contributed by atoms with van der Waals surface area (Å²) >= 11 is 0. The Labute approximate surface area is 161 Å². The topological polar surface area (TPSA) is 52.6 Å². The fourth-order valence-electron chi connectivity index (χ4n) is 2.21. The van der Waals surface area contributed by atoms with E-state index in [2.05, 4.69) is 63.9 Å². The van der Waals surface area contributed by atoms with Gasteiger partial charge in [0.05, 0.1) is 12.2 Å². The first-order valence-corrected chi connectivity index (χ1v) is 7.74. The van der Waals surface area contributed by atoms with Crippen LogP contribution >= 0.6 is 24.0 Å². The van der Waals surface area contributed by atoms with Gasteiger partial charge in [0.1, 0.15) is 0 Å². The van der Waals surface area contributed by atoms with Gasteiger partial charge in [-0.1, -0.05) is 30.3 Å². The van der Waals surface area contributed by atoms with Crippen molar-refractivity contribution < 1.29 is 0 Å². The van der Waals surface area contributed by atoms with Gasteiger partial charge in [-0.05, 0) is 37.4 Å². The van der Waals surface area contributed by atoms with Crippen LogP contribution in [0.15, 0.2) is 53.7 Å². The molecule has 1 heterocycles. The Bertz CT molecular complexity index is 611. The molecule has 6 heteroatoms. The summed E-state index contributed by atoms with van der Waals surface area (Å²) in [7, 11) is 5.92. The van der Waals surface area contributed by atoms with Gasteiger partial charge in [0, 0.05) is 26.3 Å². The normalized spacial score (nSPS) is 11.1. The van der Waals surface area contributed by atoms with Crippen LogP contribution in [0.5, 0.6) is 0 Å². The summed E-state index contributed by atoms with van der Waals surface area (Å²) in [4.78, 5) is 10.7. The predicted octanol–water partition coefficient (Wildman–Crippen LogP) is 2.63. The van der Waals surface area contributed by atoms with Gasteiger partial charge in [0.2, 0.25) is 0 Å². The number of hydrogen-bond acceptors (Lipinski definition) is 3. The number of aliphatic imine (C=N–C) groups is 1. The highest BCUT2D eigenvalue weighted by Crippen LogP contribution is 2.06. The monoisotopic (exact) mass is 439 g/mol. The van der Waals surface area contributed by atoms with Gasteiger partial charge < -0.3 is 15.5 Å². The maximum absolute atomic E-state index is 4.29. The van der Waals surface area contributed by atoms with Crippen molar-refractivity contribution in [1.82, 2.24) is 20.5 Å². The Morgan fingerprint density at radius 3 is 2.25 bits per heavy atom. The predicted molar refractivity (Wildman–Crippen MR) is 111 cm³/mol. The summed E-state index contributed by atoms with van der Waals surface area (Å²) in [5, 5.41) is 6.58. The molecule has 0 aliphatic heterocycles. The van der Waals surface area contributed by atoms with Crippen LogP contribution in [0.25, 0.3) is 0 Å². The van der Waals surface area contributed by atoms with Crippen molar-refractivity contribution in [2.24, 2.45) is 4.99 Å². The van der Waals surface area contributed by atoms with Crippen molar-refractivity contribution in [2.75, 3.05) is 21.1 Å². The average molecular weight is 439 g/mol. The van der Waals surface area contributed by atoms with E-state index < -0.39 is 0 Å². The van der Waals surface area contributed by atoms with E-state index in [0.29, 0.717) is 6.54 Å². The van der Waals surface area contributed by atoms with Gasteiger partial charge in [-0.3, -0.25) is 9.98 Å². The van der Waals surface area contributed by atoms with Gasteiger partial charge in [-0.15, -0.1) is 24.0 Å². The summed E-state index contributed by atoms with van der Waals surface area (Å²) in [6, 6.07) is 14.5. The van der Waals surface area contributed by atoms with Crippen molar-refractivity contribution in [3.05, 3.63) is 65.5 Å². The van der Waals surface area contributed by atoms with Crippen LogP contribution in [0.3, 0.4) is 0 Å². The minimum Gasteiger partial charge on any atom is -0.352 e. The molecule has 2 rings (SSSR count). The largest absolute Gasteiger partial charge is 0.352 e. The van der Waals surface area contributed by atoms with E-state index in [1.165, 1.54) is 11.1 Å². The first-order valence-electron chi connectivity index (χ1n) is 7.74. The quantitative estimate of drug-likeness (QED) is 0.413. The number of rotatable bonds is 6. The van der Waals surface area contributed by atoms with Gasteiger partial charge in [-0.25, -0.2) is 0 Å². The van der Waals surface area contributed by atoms with Crippen molar-refractivity contribution >= 4 is 29.9 Å². The molecular formula is C18H26IN5. The molecule has 24 heavy (non-hydrogen) atoms. The molecule has 0 bridgehead atoms. The highest BCUT2D eigenvalue weighted by molar-refractivity contribution is 14.0. The lowest BCUT2D eigenvalue weighted by Gasteiger charge is -2.13. The zero-order chi connectivity index (χ0) is 16.5. The minimum absolute atomic E-state index is 0. The van der Waals surface area contributed by atoms with Crippen molar-refractivity contribution in [3.63, 3.8) is 0 Å². The molecule has 0 saturated heterocycles. The molecule has 0 radical (unpaired) electrons. The maximum atomic E-state index is 4.29. The summed E-state index contributed by atoms with van der Waals surface area (Å²) in [6.45, 7) is 2.35. The minimum atomic E-state index is 0. The molecule has 0 amide bonds. The van der Waals surface area contributed by atoms with Crippen LogP contribution in [0.1, 0.15) is 16.8 Å². The molecule has 0 aliphatic carbocycles. The lowest BCUT2D eigenvalue weighted by Crippen LogP contribution is -2.36. The van der Waals surface area contributed by atoms with Crippen molar-refractivity contribution in [2.45, 2.75) is 19.6 Å². The smallest absolute Gasteiger partial charge is 0.191 e. The second-order valence-corrected chi connectivity index (χ2v) is 5.65. The third-order valence-corrected chi connectivity index (χ3v) is 3.37. The van der Waals surface area contributed by atoms with E-state index in [1.54, 1.807) is 13.2 Å². The molecule has 2 N–H and O–H groups in total. The van der Waals surface area contributed by atoms with E-state index >= 15 is 0 Å². The molecule has 0 fully saturated rings. The second kappa shape index (κ2) is 11.0. The summed E-state index contributed by atoms with van der Waals surface area (Å²) in [6.07, 6.45) is 1.79. The fraction of sp³-hybridized carbons (Fsp3) is 0.333. The Morgan fingerprint density at radius 1 is 1.00 bits per heavy atom. The summed E-state index contributed by atoms with van der Waals surface area (Å²) in [5.41, 5.74) is 3.54. The van der Waals surface area contributed by atoms with Gasteiger partial charge in [-0.2, -0.15) is 0 Å². The molecular weight excluding hydrogens is 413 g/mol. The highest BCUT2D eigenvalue weighted by Gasteiger charge is 2.00. The molecule has 0 atom stereocenters. The first kappa shape index (κ1) is 20.4. The molecule has 0 unspecified atom stereocenters. The molecule has 0 aliphatic rings. The Hall–Kier alpha value is -1.67. The number of pyridine rings is 1. The second-order valence-electron chi connectivity index (χ2n) is 5.65. The van der Waals surface area contributed by atoms with Crippen LogP contribution in [0.2, 0.25) is 0 Å². The first-order chi connectivity index (χ1) is 11.2. The number of nitrogens with one attached hydrogen (secondary N) is 2. The van der Waals surface area contributed by atoms with Gasteiger partial charge in [0.15, 0.2) is 5.96 Å². The summed E-state index contributed by atoms with van der Waals surface area (Å²) in [5.74, 6) is 0.771. The molecule has 0 spiro atoms. The third kappa shape index (κ3) is 7.27. The number of hydrogen-bond donors (Lipinski definition) is 2. The lowest BCUT2D eigenvalue weighted by atomic mass is 10.1. The van der Waals surface area contributed by atoms with Gasteiger partial charge >= 0.3 is 0 Å². The lowest BCUT2D eigenvalue weighted by molar-refractivity contribution is 0.402. The van der Waals surface area contributed by atoms with Crippen LogP contribution in [0.4, 0.5) is 0 Å². The van der Waals surface area contributed by atoms with Crippen LogP contribution in [0, 0.1) is 0 Å². The number of benzene rings is 1. The zero-order valence-electron chi connectivity index (χ0n) is 14.5. The highest BCUT2D eigenvalue weighted by atomic mass is 127. The van der Waals surface area contributed by atoms with E-state index in [9.17, 15) is 0 Å².